The van der Waals surface area contributed by atoms with Crippen molar-refractivity contribution in [2.45, 2.75) is 61.8 Å². The zero-order valence-corrected chi connectivity index (χ0v) is 16.7. The van der Waals surface area contributed by atoms with E-state index in [1.165, 1.54) is 17.0 Å². The third kappa shape index (κ3) is 6.14. The largest absolute Gasteiger partial charge is 0.286 e. The van der Waals surface area contributed by atoms with E-state index in [0.717, 1.165) is 6.42 Å². The summed E-state index contributed by atoms with van der Waals surface area (Å²) in [5.41, 5.74) is 9.87. The van der Waals surface area contributed by atoms with E-state index >= 15 is 0 Å². The molecule has 0 spiro atoms. The second kappa shape index (κ2) is 9.65. The molecule has 2 rings (SSSR count). The highest BCUT2D eigenvalue weighted by Gasteiger charge is 2.21. The first-order valence-corrected chi connectivity index (χ1v) is 9.24. The lowest BCUT2D eigenvalue weighted by atomic mass is 9.85. The first-order valence-electron chi connectivity index (χ1n) is 9.24. The van der Waals surface area contributed by atoms with E-state index < -0.39 is 0 Å². The molecular weight excluding hydrogens is 296 g/mol. The first kappa shape index (κ1) is 20.5. The van der Waals surface area contributed by atoms with Crippen LogP contribution in [-0.4, -0.2) is 11.4 Å². The molecule has 136 valence electrons. The Kier molecular flexibility index (Phi) is 8.23. The maximum atomic E-state index is 4.31. The number of nitrogens with one attached hydrogen (secondary N) is 2. The zero-order valence-electron chi connectivity index (χ0n) is 16.7. The summed E-state index contributed by atoms with van der Waals surface area (Å²) in [6.45, 7) is 17.7. The van der Waals surface area contributed by atoms with Gasteiger partial charge in [0.15, 0.2) is 0 Å². The van der Waals surface area contributed by atoms with Gasteiger partial charge in [-0.3, -0.25) is 10.9 Å². The van der Waals surface area contributed by atoms with Crippen LogP contribution in [0.1, 0.15) is 61.8 Å². The van der Waals surface area contributed by atoms with Crippen molar-refractivity contribution in [2.75, 3.05) is 0 Å². The van der Waals surface area contributed by atoms with E-state index in [1.807, 2.05) is 12.4 Å². The Morgan fingerprint density at radius 3 is 2.00 bits per heavy atom. The maximum absolute atomic E-state index is 4.31. The topological polar surface area (TPSA) is 48.8 Å². The smallest absolute Gasteiger partial charge is 0.0479 e. The fourth-order valence-electron chi connectivity index (χ4n) is 2.71. The molecule has 0 aromatic heterocycles. The third-order valence-corrected chi connectivity index (χ3v) is 4.47. The van der Waals surface area contributed by atoms with Gasteiger partial charge < -0.3 is 0 Å². The average Bonchev–Trinajstić information content (AvgIpc) is 2.55. The van der Waals surface area contributed by atoms with E-state index in [1.54, 1.807) is 0 Å². The molecule has 2 N–H and O–H groups in total. The number of hydrogen-bond acceptors (Lipinski definition) is 4. The van der Waals surface area contributed by atoms with Crippen LogP contribution in [0.2, 0.25) is 0 Å². The number of nitrogens with zero attached hydrogens (tertiary/aromatic N) is 2. The fraction of sp³-hybridized carbons (Fsp3) is 0.700. The first-order chi connectivity index (χ1) is 11.2. The number of hydrogen-bond donors (Lipinski definition) is 2. The molecule has 4 nitrogen and oxygen atoms in total. The van der Waals surface area contributed by atoms with Crippen LogP contribution in [0.3, 0.4) is 0 Å². The number of hydrazone groups is 2. The van der Waals surface area contributed by atoms with Gasteiger partial charge in [-0.1, -0.05) is 61.5 Å². The van der Waals surface area contributed by atoms with Crippen molar-refractivity contribution in [3.63, 3.8) is 0 Å². The Labute approximate surface area is 148 Å². The molecule has 0 saturated carbocycles. The fourth-order valence-corrected chi connectivity index (χ4v) is 2.71. The summed E-state index contributed by atoms with van der Waals surface area (Å²) in [5, 5.41) is 8.56. The predicted octanol–water partition coefficient (Wildman–Crippen LogP) is 4.92. The zero-order chi connectivity index (χ0) is 18.3. The molecule has 0 bridgehead atoms. The SMILES string of the molecule is CC(C)C1=CNN=C(C(C)C)C1.CC(C)C1=NNC=CC1C(C)C. The van der Waals surface area contributed by atoms with Crippen molar-refractivity contribution in [1.29, 1.82) is 0 Å². The lowest BCUT2D eigenvalue weighted by Gasteiger charge is -2.24. The van der Waals surface area contributed by atoms with E-state index in [2.05, 4.69) is 82.5 Å². The van der Waals surface area contributed by atoms with Crippen LogP contribution in [0.4, 0.5) is 0 Å². The molecule has 2 aliphatic heterocycles. The van der Waals surface area contributed by atoms with Crippen LogP contribution in [0.5, 0.6) is 0 Å². The minimum atomic E-state index is 0.520. The molecule has 0 radical (unpaired) electrons. The molecule has 0 aromatic rings. The Morgan fingerprint density at radius 1 is 0.875 bits per heavy atom. The number of rotatable bonds is 4. The van der Waals surface area contributed by atoms with Crippen molar-refractivity contribution in [2.24, 2.45) is 39.8 Å². The minimum absolute atomic E-state index is 0.520. The molecule has 1 unspecified atom stereocenters. The predicted molar refractivity (Wildman–Crippen MR) is 106 cm³/mol. The summed E-state index contributed by atoms with van der Waals surface area (Å²) in [4.78, 5) is 0. The van der Waals surface area contributed by atoms with Gasteiger partial charge in [-0.2, -0.15) is 10.2 Å². The Balaban J connectivity index is 0.000000240. The van der Waals surface area contributed by atoms with Gasteiger partial charge in [-0.25, -0.2) is 0 Å². The normalized spacial score (nSPS) is 20.2. The summed E-state index contributed by atoms with van der Waals surface area (Å²) >= 11 is 0. The van der Waals surface area contributed by atoms with Gasteiger partial charge in [0.1, 0.15) is 0 Å². The molecule has 0 aliphatic carbocycles. The van der Waals surface area contributed by atoms with Crippen LogP contribution in [-0.2, 0) is 0 Å². The van der Waals surface area contributed by atoms with Crippen LogP contribution < -0.4 is 10.9 Å². The molecular formula is C20H36N4. The summed E-state index contributed by atoms with van der Waals surface area (Å²) in [5.74, 6) is 2.88. The Hall–Kier alpha value is -1.58. The van der Waals surface area contributed by atoms with Gasteiger partial charge in [-0.05, 0) is 29.2 Å². The molecule has 0 saturated heterocycles. The highest BCUT2D eigenvalue weighted by molar-refractivity contribution is 5.90. The number of allylic oxidation sites excluding steroid dienone is 2. The van der Waals surface area contributed by atoms with Crippen molar-refractivity contribution < 1.29 is 0 Å². The van der Waals surface area contributed by atoms with E-state index in [4.69, 9.17) is 0 Å². The summed E-state index contributed by atoms with van der Waals surface area (Å²) in [6, 6.07) is 0. The maximum Gasteiger partial charge on any atom is 0.0479 e. The molecule has 2 aliphatic rings. The molecule has 0 amide bonds. The van der Waals surface area contributed by atoms with Gasteiger partial charge in [0.25, 0.3) is 0 Å². The molecule has 1 atom stereocenters. The molecule has 24 heavy (non-hydrogen) atoms. The summed E-state index contributed by atoms with van der Waals surface area (Å²) < 4.78 is 0. The quantitative estimate of drug-likeness (QED) is 0.767. The van der Waals surface area contributed by atoms with Crippen molar-refractivity contribution in [3.05, 3.63) is 24.0 Å². The van der Waals surface area contributed by atoms with Gasteiger partial charge >= 0.3 is 0 Å². The van der Waals surface area contributed by atoms with Gasteiger partial charge in [0, 0.05) is 36.2 Å². The second-order valence-electron chi connectivity index (χ2n) is 7.89. The van der Waals surface area contributed by atoms with E-state index in [9.17, 15) is 0 Å². The highest BCUT2D eigenvalue weighted by atomic mass is 15.3. The van der Waals surface area contributed by atoms with Crippen molar-refractivity contribution >= 4 is 11.4 Å². The van der Waals surface area contributed by atoms with Crippen LogP contribution in [0.25, 0.3) is 0 Å². The van der Waals surface area contributed by atoms with E-state index in [0.29, 0.717) is 29.6 Å². The Bertz CT molecular complexity index is 486. The lowest BCUT2D eigenvalue weighted by Crippen LogP contribution is -2.28. The van der Waals surface area contributed by atoms with Crippen molar-refractivity contribution in [3.8, 4) is 0 Å². The van der Waals surface area contributed by atoms with Crippen LogP contribution in [0, 0.1) is 29.6 Å². The van der Waals surface area contributed by atoms with Crippen LogP contribution in [0.15, 0.2) is 34.3 Å². The lowest BCUT2D eigenvalue weighted by molar-refractivity contribution is 0.542. The third-order valence-electron chi connectivity index (χ3n) is 4.47. The molecule has 2 heterocycles. The molecule has 4 heteroatoms. The van der Waals surface area contributed by atoms with Gasteiger partial charge in [0.2, 0.25) is 0 Å². The van der Waals surface area contributed by atoms with Gasteiger partial charge in [-0.15, -0.1) is 0 Å². The average molecular weight is 333 g/mol. The van der Waals surface area contributed by atoms with Crippen molar-refractivity contribution in [1.82, 2.24) is 10.9 Å². The Morgan fingerprint density at radius 2 is 1.54 bits per heavy atom. The minimum Gasteiger partial charge on any atom is -0.286 e. The monoisotopic (exact) mass is 332 g/mol. The van der Waals surface area contributed by atoms with E-state index in [-0.39, 0.29) is 0 Å². The van der Waals surface area contributed by atoms with Crippen LogP contribution >= 0.6 is 0 Å². The molecule has 0 fully saturated rings. The second-order valence-corrected chi connectivity index (χ2v) is 7.89. The standard InChI is InChI=1S/2C10H18N2/c1-7(2)9-5-10(8(3)4)12-11-6-9;1-7(2)9-5-6-11-12-10(9)8(3)4/h6-8,11H,5H2,1-4H3;5-9,11H,1-4H3. The van der Waals surface area contributed by atoms with Gasteiger partial charge in [0.05, 0.1) is 0 Å². The molecule has 0 aromatic carbocycles. The summed E-state index contributed by atoms with van der Waals surface area (Å²) in [7, 11) is 0. The highest BCUT2D eigenvalue weighted by Crippen LogP contribution is 2.21. The summed E-state index contributed by atoms with van der Waals surface area (Å²) in [6.07, 6.45) is 7.20.